The molecular formula is C16H22FNO. The van der Waals surface area contributed by atoms with E-state index in [4.69, 9.17) is 10.5 Å². The van der Waals surface area contributed by atoms with Crippen LogP contribution in [0.5, 0.6) is 5.75 Å². The molecule has 1 aromatic carbocycles. The number of fused-ring (bicyclic) bond motifs is 1. The molecule has 3 rings (SSSR count). The molecule has 3 atom stereocenters. The van der Waals surface area contributed by atoms with E-state index < -0.39 is 0 Å². The molecule has 0 radical (unpaired) electrons. The topological polar surface area (TPSA) is 35.2 Å². The monoisotopic (exact) mass is 263 g/mol. The van der Waals surface area contributed by atoms with Crippen LogP contribution in [-0.4, -0.2) is 12.1 Å². The molecule has 1 saturated carbocycles. The highest BCUT2D eigenvalue weighted by atomic mass is 19.1. The summed E-state index contributed by atoms with van der Waals surface area (Å²) >= 11 is 0. The third-order valence-electron chi connectivity index (χ3n) is 4.55. The van der Waals surface area contributed by atoms with E-state index in [2.05, 4.69) is 0 Å². The van der Waals surface area contributed by atoms with E-state index in [9.17, 15) is 4.39 Å². The van der Waals surface area contributed by atoms with Crippen LogP contribution in [0, 0.1) is 11.7 Å². The van der Waals surface area contributed by atoms with Crippen LogP contribution in [0.15, 0.2) is 18.2 Å². The van der Waals surface area contributed by atoms with Gasteiger partial charge in [-0.1, -0.05) is 19.3 Å². The van der Waals surface area contributed by atoms with Crippen molar-refractivity contribution in [1.82, 2.24) is 0 Å². The van der Waals surface area contributed by atoms with E-state index >= 15 is 0 Å². The summed E-state index contributed by atoms with van der Waals surface area (Å²) in [4.78, 5) is 0. The molecule has 1 aromatic rings. The van der Waals surface area contributed by atoms with Crippen molar-refractivity contribution in [3.8, 4) is 5.75 Å². The summed E-state index contributed by atoms with van der Waals surface area (Å²) in [7, 11) is 0. The van der Waals surface area contributed by atoms with Gasteiger partial charge in [0, 0.05) is 18.0 Å². The van der Waals surface area contributed by atoms with Crippen LogP contribution in [0.4, 0.5) is 4.39 Å². The van der Waals surface area contributed by atoms with Gasteiger partial charge in [0.25, 0.3) is 0 Å². The molecular weight excluding hydrogens is 241 g/mol. The largest absolute Gasteiger partial charge is 0.490 e. The number of hydrogen-bond donors (Lipinski definition) is 1. The zero-order valence-corrected chi connectivity index (χ0v) is 11.3. The lowest BCUT2D eigenvalue weighted by molar-refractivity contribution is 0.179. The van der Waals surface area contributed by atoms with Gasteiger partial charge >= 0.3 is 0 Å². The fourth-order valence-corrected chi connectivity index (χ4v) is 3.46. The van der Waals surface area contributed by atoms with Crippen LogP contribution in [0.1, 0.15) is 44.1 Å². The van der Waals surface area contributed by atoms with E-state index in [1.54, 1.807) is 12.1 Å². The number of halogens is 1. The second-order valence-electron chi connectivity index (χ2n) is 5.99. The minimum Gasteiger partial charge on any atom is -0.490 e. The van der Waals surface area contributed by atoms with E-state index in [-0.39, 0.29) is 11.9 Å². The van der Waals surface area contributed by atoms with E-state index in [1.165, 1.54) is 31.7 Å². The SMILES string of the molecule is NC1CCCCCC1CC1Cc2cc(F)ccc2O1. The molecule has 1 aliphatic heterocycles. The van der Waals surface area contributed by atoms with Gasteiger partial charge in [-0.25, -0.2) is 4.39 Å². The summed E-state index contributed by atoms with van der Waals surface area (Å²) in [5.74, 6) is 1.24. The molecule has 3 heteroatoms. The summed E-state index contributed by atoms with van der Waals surface area (Å²) in [5, 5.41) is 0. The number of hydrogen-bond acceptors (Lipinski definition) is 2. The molecule has 19 heavy (non-hydrogen) atoms. The Bertz CT molecular complexity index is 448. The van der Waals surface area contributed by atoms with Crippen molar-refractivity contribution >= 4 is 0 Å². The Labute approximate surface area is 114 Å². The number of rotatable bonds is 2. The van der Waals surface area contributed by atoms with Gasteiger partial charge in [0.05, 0.1) is 0 Å². The smallest absolute Gasteiger partial charge is 0.123 e. The third-order valence-corrected chi connectivity index (χ3v) is 4.55. The highest BCUT2D eigenvalue weighted by Gasteiger charge is 2.29. The molecule has 0 amide bonds. The van der Waals surface area contributed by atoms with Gasteiger partial charge in [-0.3, -0.25) is 0 Å². The van der Waals surface area contributed by atoms with Crippen molar-refractivity contribution in [2.75, 3.05) is 0 Å². The molecule has 2 N–H and O–H groups in total. The van der Waals surface area contributed by atoms with Crippen molar-refractivity contribution in [3.05, 3.63) is 29.6 Å². The maximum atomic E-state index is 13.2. The van der Waals surface area contributed by atoms with Gasteiger partial charge in [-0.05, 0) is 43.4 Å². The van der Waals surface area contributed by atoms with Crippen molar-refractivity contribution in [3.63, 3.8) is 0 Å². The van der Waals surface area contributed by atoms with Crippen LogP contribution < -0.4 is 10.5 Å². The first-order valence-corrected chi connectivity index (χ1v) is 7.43. The predicted octanol–water partition coefficient (Wildman–Crippen LogP) is 3.43. The second-order valence-corrected chi connectivity index (χ2v) is 5.99. The van der Waals surface area contributed by atoms with Crippen molar-refractivity contribution in [1.29, 1.82) is 0 Å². The zero-order valence-electron chi connectivity index (χ0n) is 11.3. The molecule has 3 unspecified atom stereocenters. The van der Waals surface area contributed by atoms with E-state index in [1.807, 2.05) is 0 Å². The number of nitrogens with two attached hydrogens (primary N) is 1. The molecule has 104 valence electrons. The number of ether oxygens (including phenoxy) is 1. The standard InChI is InChI=1S/C16H22FNO/c17-13-6-7-16-12(8-13)10-14(19-16)9-11-4-2-1-3-5-15(11)18/h6-8,11,14-15H,1-5,9-10,18H2. The van der Waals surface area contributed by atoms with Gasteiger partial charge in [0.2, 0.25) is 0 Å². The highest BCUT2D eigenvalue weighted by molar-refractivity contribution is 5.37. The fourth-order valence-electron chi connectivity index (χ4n) is 3.46. The first-order valence-electron chi connectivity index (χ1n) is 7.43. The van der Waals surface area contributed by atoms with Crippen LogP contribution in [0.2, 0.25) is 0 Å². The minimum atomic E-state index is -0.172. The average Bonchev–Trinajstić information content (AvgIpc) is 2.66. The van der Waals surface area contributed by atoms with Gasteiger partial charge < -0.3 is 10.5 Å². The predicted molar refractivity (Wildman–Crippen MR) is 73.7 cm³/mol. The number of benzene rings is 1. The Balaban J connectivity index is 1.63. The molecule has 1 heterocycles. The second kappa shape index (κ2) is 5.49. The normalized spacial score (nSPS) is 30.5. The van der Waals surface area contributed by atoms with E-state index in [0.29, 0.717) is 12.0 Å². The van der Waals surface area contributed by atoms with Gasteiger partial charge in [-0.2, -0.15) is 0 Å². The van der Waals surface area contributed by atoms with E-state index in [0.717, 1.165) is 30.6 Å². The molecule has 1 fully saturated rings. The summed E-state index contributed by atoms with van der Waals surface area (Å²) in [6, 6.07) is 5.13. The molecule has 1 aliphatic carbocycles. The molecule has 0 saturated heterocycles. The average molecular weight is 263 g/mol. The summed E-state index contributed by atoms with van der Waals surface area (Å²) in [5.41, 5.74) is 7.28. The van der Waals surface area contributed by atoms with Crippen molar-refractivity contribution in [2.45, 2.75) is 57.1 Å². The lowest BCUT2D eigenvalue weighted by Crippen LogP contribution is -2.32. The lowest BCUT2D eigenvalue weighted by Gasteiger charge is -2.24. The van der Waals surface area contributed by atoms with Crippen LogP contribution in [0.25, 0.3) is 0 Å². The maximum absolute atomic E-state index is 13.2. The maximum Gasteiger partial charge on any atom is 0.123 e. The van der Waals surface area contributed by atoms with Gasteiger partial charge in [0.15, 0.2) is 0 Å². The van der Waals surface area contributed by atoms with Gasteiger partial charge in [-0.15, -0.1) is 0 Å². The highest BCUT2D eigenvalue weighted by Crippen LogP contribution is 2.34. The Hall–Kier alpha value is -1.09. The van der Waals surface area contributed by atoms with Crippen LogP contribution in [0.3, 0.4) is 0 Å². The third kappa shape index (κ3) is 2.92. The van der Waals surface area contributed by atoms with Crippen LogP contribution >= 0.6 is 0 Å². The van der Waals surface area contributed by atoms with Crippen molar-refractivity contribution < 1.29 is 9.13 Å². The van der Waals surface area contributed by atoms with Gasteiger partial charge in [0.1, 0.15) is 17.7 Å². The van der Waals surface area contributed by atoms with Crippen molar-refractivity contribution in [2.24, 2.45) is 11.7 Å². The molecule has 2 aliphatic rings. The minimum absolute atomic E-state index is 0.172. The Morgan fingerprint density at radius 3 is 2.95 bits per heavy atom. The summed E-state index contributed by atoms with van der Waals surface area (Å²) in [6.45, 7) is 0. The summed E-state index contributed by atoms with van der Waals surface area (Å²) < 4.78 is 19.1. The molecule has 0 bridgehead atoms. The Morgan fingerprint density at radius 2 is 2.05 bits per heavy atom. The Morgan fingerprint density at radius 1 is 1.21 bits per heavy atom. The Kier molecular flexibility index (Phi) is 3.74. The first kappa shape index (κ1) is 12.9. The van der Waals surface area contributed by atoms with Crippen LogP contribution in [-0.2, 0) is 6.42 Å². The molecule has 0 spiro atoms. The zero-order chi connectivity index (χ0) is 13.2. The first-order chi connectivity index (χ1) is 9.22. The quantitative estimate of drug-likeness (QED) is 0.830. The fraction of sp³-hybridized carbons (Fsp3) is 0.625. The lowest BCUT2D eigenvalue weighted by atomic mass is 9.89. The molecule has 2 nitrogen and oxygen atoms in total. The summed E-state index contributed by atoms with van der Waals surface area (Å²) in [6.07, 6.45) is 8.23. The molecule has 0 aromatic heterocycles.